The first-order chi connectivity index (χ1) is 6.34. The number of hydrogen-bond donors (Lipinski definition) is 0. The first-order valence-corrected chi connectivity index (χ1v) is 5.31. The predicted molar refractivity (Wildman–Crippen MR) is 53.6 cm³/mol. The van der Waals surface area contributed by atoms with Gasteiger partial charge in [-0.2, -0.15) is 11.3 Å². The first kappa shape index (κ1) is 8.51. The van der Waals surface area contributed by atoms with Crippen LogP contribution >= 0.6 is 11.3 Å². The highest BCUT2D eigenvalue weighted by Gasteiger charge is 2.00. The molecule has 0 saturated heterocycles. The van der Waals surface area contributed by atoms with Crippen molar-refractivity contribution in [2.24, 2.45) is 7.05 Å². The Labute approximate surface area is 82.1 Å². The smallest absolute Gasteiger partial charge is 0.240 e. The molecule has 0 bridgehead atoms. The standard InChI is InChI=1S/C10H13N2S/c1-11-5-6-12(9-11)4-2-10-3-7-13-8-10/h3,5-9H,2,4H2,1H3/q+1. The minimum Gasteiger partial charge on any atom is -0.240 e. The highest BCUT2D eigenvalue weighted by atomic mass is 32.1. The molecule has 3 heteroatoms. The second-order valence-corrected chi connectivity index (χ2v) is 3.98. The molecule has 2 aromatic heterocycles. The van der Waals surface area contributed by atoms with Crippen LogP contribution in [0.15, 0.2) is 35.5 Å². The van der Waals surface area contributed by atoms with E-state index >= 15 is 0 Å². The predicted octanol–water partition coefficient (Wildman–Crippen LogP) is 1.62. The summed E-state index contributed by atoms with van der Waals surface area (Å²) in [5, 5.41) is 4.34. The Morgan fingerprint density at radius 2 is 2.46 bits per heavy atom. The largest absolute Gasteiger partial charge is 0.243 e. The van der Waals surface area contributed by atoms with Gasteiger partial charge < -0.3 is 0 Å². The fourth-order valence-electron chi connectivity index (χ4n) is 1.33. The molecule has 0 radical (unpaired) electrons. The fourth-order valence-corrected chi connectivity index (χ4v) is 2.03. The Kier molecular flexibility index (Phi) is 2.45. The molecule has 0 saturated carbocycles. The van der Waals surface area contributed by atoms with Gasteiger partial charge in [-0.3, -0.25) is 0 Å². The van der Waals surface area contributed by atoms with E-state index in [-0.39, 0.29) is 0 Å². The zero-order chi connectivity index (χ0) is 9.10. The molecule has 68 valence electrons. The van der Waals surface area contributed by atoms with Gasteiger partial charge in [0.05, 0.1) is 13.6 Å². The van der Waals surface area contributed by atoms with E-state index in [0.717, 1.165) is 13.0 Å². The summed E-state index contributed by atoms with van der Waals surface area (Å²) in [6.07, 6.45) is 7.39. The van der Waals surface area contributed by atoms with Crippen molar-refractivity contribution < 1.29 is 4.57 Å². The van der Waals surface area contributed by atoms with Gasteiger partial charge in [-0.05, 0) is 22.4 Å². The highest BCUT2D eigenvalue weighted by Crippen LogP contribution is 2.07. The van der Waals surface area contributed by atoms with Crippen molar-refractivity contribution in [2.75, 3.05) is 0 Å². The first-order valence-electron chi connectivity index (χ1n) is 4.37. The molecule has 2 aromatic rings. The van der Waals surface area contributed by atoms with E-state index in [0.29, 0.717) is 0 Å². The maximum absolute atomic E-state index is 2.21. The van der Waals surface area contributed by atoms with E-state index < -0.39 is 0 Å². The lowest BCUT2D eigenvalue weighted by Crippen LogP contribution is -2.23. The molecule has 0 N–H and O–H groups in total. The Morgan fingerprint density at radius 3 is 3.08 bits per heavy atom. The summed E-state index contributed by atoms with van der Waals surface area (Å²) in [5.74, 6) is 0. The van der Waals surface area contributed by atoms with Crippen LogP contribution in [-0.2, 0) is 20.0 Å². The summed E-state index contributed by atoms with van der Waals surface area (Å²) < 4.78 is 4.27. The van der Waals surface area contributed by atoms with Crippen molar-refractivity contribution in [2.45, 2.75) is 13.0 Å². The molecular weight excluding hydrogens is 180 g/mol. The number of aromatic nitrogens is 2. The van der Waals surface area contributed by atoms with Crippen molar-refractivity contribution in [3.63, 3.8) is 0 Å². The average Bonchev–Trinajstić information content (AvgIpc) is 2.71. The molecule has 0 aromatic carbocycles. The second-order valence-electron chi connectivity index (χ2n) is 3.20. The van der Waals surface area contributed by atoms with Crippen LogP contribution in [0.1, 0.15) is 5.56 Å². The number of thiophene rings is 1. The molecule has 0 aliphatic carbocycles. The molecule has 2 nitrogen and oxygen atoms in total. The van der Waals surface area contributed by atoms with Gasteiger partial charge in [0.25, 0.3) is 0 Å². The minimum atomic E-state index is 1.07. The summed E-state index contributed by atoms with van der Waals surface area (Å²) >= 11 is 1.77. The molecule has 2 rings (SSSR count). The van der Waals surface area contributed by atoms with Gasteiger partial charge in [0.1, 0.15) is 12.4 Å². The molecular formula is C10H13N2S+. The van der Waals surface area contributed by atoms with E-state index in [9.17, 15) is 0 Å². The highest BCUT2D eigenvalue weighted by molar-refractivity contribution is 7.07. The van der Waals surface area contributed by atoms with Crippen LogP contribution < -0.4 is 4.57 Å². The van der Waals surface area contributed by atoms with Crippen LogP contribution in [0.4, 0.5) is 0 Å². The van der Waals surface area contributed by atoms with Crippen LogP contribution in [-0.4, -0.2) is 4.57 Å². The van der Waals surface area contributed by atoms with Crippen molar-refractivity contribution in [1.82, 2.24) is 4.57 Å². The molecule has 13 heavy (non-hydrogen) atoms. The number of nitrogens with zero attached hydrogens (tertiary/aromatic N) is 2. The molecule has 0 aliphatic rings. The Balaban J connectivity index is 1.93. The third kappa shape index (κ3) is 2.18. The Morgan fingerprint density at radius 1 is 1.54 bits per heavy atom. The van der Waals surface area contributed by atoms with Gasteiger partial charge in [0, 0.05) is 6.42 Å². The van der Waals surface area contributed by atoms with Crippen molar-refractivity contribution in [3.05, 3.63) is 41.1 Å². The number of aryl methyl sites for hydroxylation is 3. The SMILES string of the molecule is C[n+]1ccn(CCc2ccsc2)c1. The van der Waals surface area contributed by atoms with Crippen LogP contribution in [0, 0.1) is 0 Å². The lowest BCUT2D eigenvalue weighted by Gasteiger charge is -1.93. The quantitative estimate of drug-likeness (QED) is 0.655. The molecule has 0 atom stereocenters. The average molecular weight is 193 g/mol. The van der Waals surface area contributed by atoms with E-state index in [4.69, 9.17) is 0 Å². The van der Waals surface area contributed by atoms with Crippen LogP contribution in [0.3, 0.4) is 0 Å². The van der Waals surface area contributed by atoms with Crippen LogP contribution in [0.2, 0.25) is 0 Å². The maximum atomic E-state index is 2.21. The van der Waals surface area contributed by atoms with Crippen molar-refractivity contribution >= 4 is 11.3 Å². The second kappa shape index (κ2) is 3.75. The van der Waals surface area contributed by atoms with E-state index in [1.807, 2.05) is 7.05 Å². The van der Waals surface area contributed by atoms with E-state index in [1.165, 1.54) is 5.56 Å². The zero-order valence-electron chi connectivity index (χ0n) is 7.68. The molecule has 0 unspecified atom stereocenters. The summed E-state index contributed by atoms with van der Waals surface area (Å²) in [6.45, 7) is 1.07. The Bertz CT molecular complexity index is 362. The topological polar surface area (TPSA) is 8.81 Å². The monoisotopic (exact) mass is 193 g/mol. The molecule has 0 amide bonds. The lowest BCUT2D eigenvalue weighted by molar-refractivity contribution is -0.671. The van der Waals surface area contributed by atoms with Crippen molar-refractivity contribution in [3.8, 4) is 0 Å². The fraction of sp³-hybridized carbons (Fsp3) is 0.300. The number of rotatable bonds is 3. The molecule has 0 fully saturated rings. The summed E-state index contributed by atoms with van der Waals surface area (Å²) in [7, 11) is 2.04. The van der Waals surface area contributed by atoms with Gasteiger partial charge in [-0.15, -0.1) is 0 Å². The minimum absolute atomic E-state index is 1.07. The van der Waals surface area contributed by atoms with Gasteiger partial charge in [-0.25, -0.2) is 9.13 Å². The normalized spacial score (nSPS) is 10.5. The van der Waals surface area contributed by atoms with E-state index in [1.54, 1.807) is 11.3 Å². The third-order valence-electron chi connectivity index (χ3n) is 2.06. The van der Waals surface area contributed by atoms with Crippen LogP contribution in [0.5, 0.6) is 0 Å². The maximum Gasteiger partial charge on any atom is 0.243 e. The van der Waals surface area contributed by atoms with E-state index in [2.05, 4.69) is 44.7 Å². The van der Waals surface area contributed by atoms with Gasteiger partial charge in [0.15, 0.2) is 0 Å². The summed E-state index contributed by atoms with van der Waals surface area (Å²) in [5.41, 5.74) is 1.43. The zero-order valence-corrected chi connectivity index (χ0v) is 8.50. The molecule has 2 heterocycles. The van der Waals surface area contributed by atoms with Gasteiger partial charge in [-0.1, -0.05) is 0 Å². The molecule has 0 aliphatic heterocycles. The van der Waals surface area contributed by atoms with Gasteiger partial charge >= 0.3 is 0 Å². The Hall–Kier alpha value is -1.09. The number of hydrogen-bond acceptors (Lipinski definition) is 1. The van der Waals surface area contributed by atoms with Crippen LogP contribution in [0.25, 0.3) is 0 Å². The summed E-state index contributed by atoms with van der Waals surface area (Å²) in [6, 6.07) is 2.19. The summed E-state index contributed by atoms with van der Waals surface area (Å²) in [4.78, 5) is 0. The lowest BCUT2D eigenvalue weighted by atomic mass is 10.2. The van der Waals surface area contributed by atoms with Gasteiger partial charge in [0.2, 0.25) is 6.33 Å². The molecule has 0 spiro atoms. The third-order valence-corrected chi connectivity index (χ3v) is 2.79. The number of imidazole rings is 1. The van der Waals surface area contributed by atoms with Crippen molar-refractivity contribution in [1.29, 1.82) is 0 Å².